The average Bonchev–Trinajstić information content (AvgIpc) is 2.92. The van der Waals surface area contributed by atoms with Crippen molar-refractivity contribution in [1.82, 2.24) is 25.1 Å². The molecule has 1 atom stereocenters. The van der Waals surface area contributed by atoms with Crippen LogP contribution in [-0.4, -0.2) is 33.4 Å². The summed E-state index contributed by atoms with van der Waals surface area (Å²) in [6, 6.07) is 1.87. The number of nitrogens with one attached hydrogen (secondary N) is 1. The summed E-state index contributed by atoms with van der Waals surface area (Å²) in [4.78, 5) is 8.35. The third-order valence-corrected chi connectivity index (χ3v) is 3.14. The lowest BCUT2D eigenvalue weighted by Gasteiger charge is -2.20. The first-order valence-corrected chi connectivity index (χ1v) is 6.90. The molecule has 20 heavy (non-hydrogen) atoms. The lowest BCUT2D eigenvalue weighted by molar-refractivity contribution is 0.397. The molecule has 0 aliphatic heterocycles. The lowest BCUT2D eigenvalue weighted by atomic mass is 10.1. The Morgan fingerprint density at radius 1 is 1.40 bits per heavy atom. The van der Waals surface area contributed by atoms with Gasteiger partial charge < -0.3 is 10.1 Å². The van der Waals surface area contributed by atoms with Gasteiger partial charge in [-0.1, -0.05) is 6.92 Å². The zero-order valence-electron chi connectivity index (χ0n) is 12.2. The minimum absolute atomic E-state index is 0.0460. The zero-order valence-corrected chi connectivity index (χ0v) is 12.2. The topological polar surface area (TPSA) is 64.9 Å². The Morgan fingerprint density at radius 3 is 2.85 bits per heavy atom. The van der Waals surface area contributed by atoms with E-state index in [1.807, 2.05) is 10.7 Å². The van der Waals surface area contributed by atoms with Gasteiger partial charge in [0.25, 0.3) is 0 Å². The Kier molecular flexibility index (Phi) is 5.06. The second kappa shape index (κ2) is 7.00. The number of hydrogen-bond donors (Lipinski definition) is 1. The summed E-state index contributed by atoms with van der Waals surface area (Å²) in [5.41, 5.74) is 1.92. The van der Waals surface area contributed by atoms with Crippen molar-refractivity contribution in [3.63, 3.8) is 0 Å². The molecule has 0 amide bonds. The standard InChI is InChI=1S/C14H21N5O/c1-4-7-16-13(11-6-8-15-10-17-11)14-12(20-3)9-18-19(14)5-2/h6,8-10,13,16H,4-5,7H2,1-3H3. The molecule has 0 spiro atoms. The van der Waals surface area contributed by atoms with Crippen molar-refractivity contribution < 1.29 is 4.74 Å². The first kappa shape index (κ1) is 14.5. The van der Waals surface area contributed by atoms with Crippen molar-refractivity contribution in [2.75, 3.05) is 13.7 Å². The number of methoxy groups -OCH3 is 1. The van der Waals surface area contributed by atoms with Gasteiger partial charge in [-0.25, -0.2) is 9.97 Å². The molecule has 6 heteroatoms. The SMILES string of the molecule is CCCNC(c1ccncn1)c1c(OC)cnn1CC. The van der Waals surface area contributed by atoms with Gasteiger partial charge in [-0.05, 0) is 26.0 Å². The molecule has 2 aromatic heterocycles. The van der Waals surface area contributed by atoms with Crippen LogP contribution < -0.4 is 10.1 Å². The van der Waals surface area contributed by atoms with E-state index in [2.05, 4.69) is 34.2 Å². The van der Waals surface area contributed by atoms with Crippen LogP contribution in [0, 0.1) is 0 Å². The van der Waals surface area contributed by atoms with E-state index in [1.54, 1.807) is 25.8 Å². The molecule has 0 saturated carbocycles. The molecular weight excluding hydrogens is 254 g/mol. The predicted molar refractivity (Wildman–Crippen MR) is 76.6 cm³/mol. The molecule has 2 heterocycles. The van der Waals surface area contributed by atoms with Gasteiger partial charge in [0, 0.05) is 12.7 Å². The maximum absolute atomic E-state index is 5.44. The molecule has 6 nitrogen and oxygen atoms in total. The van der Waals surface area contributed by atoms with Gasteiger partial charge >= 0.3 is 0 Å². The molecule has 0 bridgehead atoms. The van der Waals surface area contributed by atoms with Crippen molar-refractivity contribution in [2.45, 2.75) is 32.9 Å². The van der Waals surface area contributed by atoms with Crippen LogP contribution in [0.15, 0.2) is 24.8 Å². The van der Waals surface area contributed by atoms with Crippen molar-refractivity contribution in [2.24, 2.45) is 0 Å². The van der Waals surface area contributed by atoms with Crippen LogP contribution in [0.4, 0.5) is 0 Å². The third kappa shape index (κ3) is 2.96. The van der Waals surface area contributed by atoms with Crippen molar-refractivity contribution in [1.29, 1.82) is 0 Å². The summed E-state index contributed by atoms with van der Waals surface area (Å²) in [6.45, 7) is 5.88. The van der Waals surface area contributed by atoms with Crippen LogP contribution in [0.2, 0.25) is 0 Å². The molecule has 2 rings (SSSR count). The normalized spacial score (nSPS) is 12.3. The molecule has 2 aromatic rings. The molecule has 1 unspecified atom stereocenters. The van der Waals surface area contributed by atoms with Crippen LogP contribution >= 0.6 is 0 Å². The van der Waals surface area contributed by atoms with Crippen molar-refractivity contribution >= 4 is 0 Å². The molecule has 0 fully saturated rings. The highest BCUT2D eigenvalue weighted by Crippen LogP contribution is 2.28. The molecule has 108 valence electrons. The largest absolute Gasteiger partial charge is 0.493 e. The van der Waals surface area contributed by atoms with Gasteiger partial charge in [-0.3, -0.25) is 4.68 Å². The Balaban J connectivity index is 2.43. The molecule has 0 radical (unpaired) electrons. The molecule has 0 saturated heterocycles. The van der Waals surface area contributed by atoms with Crippen LogP contribution in [0.3, 0.4) is 0 Å². The number of hydrogen-bond acceptors (Lipinski definition) is 5. The maximum atomic E-state index is 5.44. The summed E-state index contributed by atoms with van der Waals surface area (Å²) in [5, 5.41) is 7.87. The number of ether oxygens (including phenoxy) is 1. The highest BCUT2D eigenvalue weighted by atomic mass is 16.5. The summed E-state index contributed by atoms with van der Waals surface area (Å²) in [7, 11) is 1.66. The minimum atomic E-state index is -0.0460. The number of nitrogens with zero attached hydrogens (tertiary/aromatic N) is 4. The fourth-order valence-corrected chi connectivity index (χ4v) is 2.18. The van der Waals surface area contributed by atoms with E-state index in [1.165, 1.54) is 0 Å². The summed E-state index contributed by atoms with van der Waals surface area (Å²) < 4.78 is 7.38. The lowest BCUT2D eigenvalue weighted by Crippen LogP contribution is -2.27. The fourth-order valence-electron chi connectivity index (χ4n) is 2.18. The average molecular weight is 275 g/mol. The Morgan fingerprint density at radius 2 is 2.25 bits per heavy atom. The van der Waals surface area contributed by atoms with Crippen molar-refractivity contribution in [3.05, 3.63) is 36.2 Å². The Bertz CT molecular complexity index is 504. The van der Waals surface area contributed by atoms with E-state index in [9.17, 15) is 0 Å². The molecule has 1 N–H and O–H groups in total. The molecule has 0 aliphatic rings. The number of aryl methyl sites for hydroxylation is 1. The van der Waals surface area contributed by atoms with Gasteiger partial charge in [0.15, 0.2) is 5.75 Å². The number of aromatic nitrogens is 4. The molecule has 0 aromatic carbocycles. The number of rotatable bonds is 7. The van der Waals surface area contributed by atoms with Crippen molar-refractivity contribution in [3.8, 4) is 5.75 Å². The Hall–Kier alpha value is -1.95. The quantitative estimate of drug-likeness (QED) is 0.834. The second-order valence-electron chi connectivity index (χ2n) is 4.44. The van der Waals surface area contributed by atoms with E-state index >= 15 is 0 Å². The summed E-state index contributed by atoms with van der Waals surface area (Å²) >= 11 is 0. The minimum Gasteiger partial charge on any atom is -0.493 e. The smallest absolute Gasteiger partial charge is 0.161 e. The van der Waals surface area contributed by atoms with Gasteiger partial charge in [-0.15, -0.1) is 0 Å². The predicted octanol–water partition coefficient (Wildman–Crippen LogP) is 1.79. The Labute approximate surface area is 119 Å². The summed E-state index contributed by atoms with van der Waals surface area (Å²) in [5.74, 6) is 0.777. The zero-order chi connectivity index (χ0) is 14.4. The van der Waals surface area contributed by atoms with E-state index in [0.717, 1.165) is 36.6 Å². The first-order chi connectivity index (χ1) is 9.81. The van der Waals surface area contributed by atoms with Crippen LogP contribution in [0.5, 0.6) is 5.75 Å². The molecule has 0 aliphatic carbocycles. The third-order valence-electron chi connectivity index (χ3n) is 3.14. The van der Waals surface area contributed by atoms with Gasteiger partial charge in [0.1, 0.15) is 12.0 Å². The van der Waals surface area contributed by atoms with Crippen LogP contribution in [0.25, 0.3) is 0 Å². The van der Waals surface area contributed by atoms with E-state index in [4.69, 9.17) is 4.74 Å². The fraction of sp³-hybridized carbons (Fsp3) is 0.500. The maximum Gasteiger partial charge on any atom is 0.161 e. The van der Waals surface area contributed by atoms with Gasteiger partial charge in [-0.2, -0.15) is 5.10 Å². The van der Waals surface area contributed by atoms with E-state index in [0.29, 0.717) is 0 Å². The monoisotopic (exact) mass is 275 g/mol. The summed E-state index contributed by atoms with van der Waals surface area (Å²) in [6.07, 6.45) is 6.11. The van der Waals surface area contributed by atoms with E-state index < -0.39 is 0 Å². The van der Waals surface area contributed by atoms with Gasteiger partial charge in [0.2, 0.25) is 0 Å². The van der Waals surface area contributed by atoms with Gasteiger partial charge in [0.05, 0.1) is 25.0 Å². The molecular formula is C14H21N5O. The second-order valence-corrected chi connectivity index (χ2v) is 4.44. The van der Waals surface area contributed by atoms with Crippen LogP contribution in [0.1, 0.15) is 37.7 Å². The first-order valence-electron chi connectivity index (χ1n) is 6.90. The van der Waals surface area contributed by atoms with Crippen LogP contribution in [-0.2, 0) is 6.54 Å². The van der Waals surface area contributed by atoms with E-state index in [-0.39, 0.29) is 6.04 Å². The highest BCUT2D eigenvalue weighted by molar-refractivity contribution is 5.33. The highest BCUT2D eigenvalue weighted by Gasteiger charge is 2.23.